The monoisotopic (exact) mass is 156 g/mol. The first kappa shape index (κ1) is 12.9. The van der Waals surface area contributed by atoms with Crippen LogP contribution in [-0.2, 0) is 0 Å². The fraction of sp³-hybridized carbons (Fsp3) is 0.600. The van der Waals surface area contributed by atoms with Crippen molar-refractivity contribution in [2.75, 3.05) is 0 Å². The summed E-state index contributed by atoms with van der Waals surface area (Å²) >= 11 is 0. The van der Waals surface area contributed by atoms with E-state index in [4.69, 9.17) is 0 Å². The normalized spacial score (nSPS) is 7.45. The quantitative estimate of drug-likeness (QED) is 0.554. The van der Waals surface area contributed by atoms with Crippen molar-refractivity contribution in [2.24, 2.45) is 5.92 Å². The van der Waals surface area contributed by atoms with Crippen LogP contribution >= 0.6 is 0 Å². The Morgan fingerprint density at radius 2 is 1.18 bits per heavy atom. The van der Waals surface area contributed by atoms with Crippen LogP contribution in [0.5, 0.6) is 0 Å². The fourth-order valence-electron chi connectivity index (χ4n) is 0.227. The van der Waals surface area contributed by atoms with Crippen LogP contribution in [0.1, 0.15) is 34.6 Å². The molecule has 0 N–H and O–H groups in total. The highest BCUT2D eigenvalue weighted by Gasteiger charge is 1.68. The molecule has 1 aromatic heterocycles. The Hall–Kier alpha value is -0.720. The predicted octanol–water partition coefficient (Wildman–Crippen LogP) is 3.97. The maximum absolute atomic E-state index is 4.58. The lowest BCUT2D eigenvalue weighted by molar-refractivity contribution is 0.567. The third-order valence-corrected chi connectivity index (χ3v) is 0.425. The Bertz CT molecular complexity index is 88.5. The Kier molecular flexibility index (Phi) is 14.1. The van der Waals surface area contributed by atoms with Gasteiger partial charge in [0.1, 0.15) is 0 Å². The molecule has 0 aliphatic heterocycles. The average molecular weight is 156 g/mol. The Labute approximate surface area is 70.4 Å². The highest BCUT2D eigenvalue weighted by molar-refractivity contribution is 4.79. The predicted molar refractivity (Wildman–Crippen MR) is 50.6 cm³/mol. The minimum Gasteiger partial charge on any atom is -0.473 e. The van der Waals surface area contributed by atoms with E-state index in [0.29, 0.717) is 0 Å². The van der Waals surface area contributed by atoms with Crippen molar-refractivity contribution in [3.8, 4) is 0 Å². The molecule has 0 atom stereocenters. The molecule has 1 heteroatoms. The maximum atomic E-state index is 4.58. The summed E-state index contributed by atoms with van der Waals surface area (Å²) < 4.78 is 4.58. The van der Waals surface area contributed by atoms with Gasteiger partial charge < -0.3 is 4.42 Å². The standard InChI is InChI=1S/C4H4O.C4H10.C2H6/c1-2-4-5-3-1;1-4(2)3;1-2/h1-4H;4H,1-3H3;1-2H3. The summed E-state index contributed by atoms with van der Waals surface area (Å²) in [6.45, 7) is 10.5. The molecule has 0 bridgehead atoms. The zero-order valence-electron chi connectivity index (χ0n) is 8.29. The zero-order valence-corrected chi connectivity index (χ0v) is 8.29. The smallest absolute Gasteiger partial charge is 0.0902 e. The van der Waals surface area contributed by atoms with E-state index in [1.54, 1.807) is 12.5 Å². The van der Waals surface area contributed by atoms with Gasteiger partial charge in [-0.2, -0.15) is 0 Å². The molecule has 66 valence electrons. The molecule has 0 aliphatic carbocycles. The van der Waals surface area contributed by atoms with Crippen LogP contribution in [-0.4, -0.2) is 0 Å². The van der Waals surface area contributed by atoms with Gasteiger partial charge in [0.15, 0.2) is 0 Å². The molecule has 0 radical (unpaired) electrons. The second kappa shape index (κ2) is 12.0. The Morgan fingerprint density at radius 3 is 1.27 bits per heavy atom. The van der Waals surface area contributed by atoms with E-state index in [0.717, 1.165) is 5.92 Å². The van der Waals surface area contributed by atoms with E-state index < -0.39 is 0 Å². The molecule has 11 heavy (non-hydrogen) atoms. The molecule has 0 saturated carbocycles. The topological polar surface area (TPSA) is 13.1 Å². The van der Waals surface area contributed by atoms with Gasteiger partial charge in [-0.1, -0.05) is 34.6 Å². The summed E-state index contributed by atoms with van der Waals surface area (Å²) in [5.41, 5.74) is 0. The summed E-state index contributed by atoms with van der Waals surface area (Å²) in [4.78, 5) is 0. The SMILES string of the molecule is CC.CC(C)C.c1ccoc1. The number of hydrogen-bond acceptors (Lipinski definition) is 1. The van der Waals surface area contributed by atoms with Crippen LogP contribution in [0.4, 0.5) is 0 Å². The third kappa shape index (κ3) is 26.8. The summed E-state index contributed by atoms with van der Waals surface area (Å²) in [7, 11) is 0. The first-order valence-electron chi connectivity index (χ1n) is 4.20. The van der Waals surface area contributed by atoms with Gasteiger partial charge in [-0.3, -0.25) is 0 Å². The van der Waals surface area contributed by atoms with Crippen molar-refractivity contribution < 1.29 is 4.42 Å². The van der Waals surface area contributed by atoms with Crippen LogP contribution in [0.2, 0.25) is 0 Å². The van der Waals surface area contributed by atoms with E-state index in [2.05, 4.69) is 25.2 Å². The lowest BCUT2D eigenvalue weighted by Gasteiger charge is -1.79. The molecule has 0 fully saturated rings. The van der Waals surface area contributed by atoms with Crippen LogP contribution in [0.3, 0.4) is 0 Å². The van der Waals surface area contributed by atoms with Crippen molar-refractivity contribution in [3.63, 3.8) is 0 Å². The molecule has 1 nitrogen and oxygen atoms in total. The van der Waals surface area contributed by atoms with Crippen LogP contribution in [0, 0.1) is 5.92 Å². The number of furan rings is 1. The highest BCUT2D eigenvalue weighted by atomic mass is 16.3. The number of hydrogen-bond donors (Lipinski definition) is 0. The van der Waals surface area contributed by atoms with Crippen molar-refractivity contribution >= 4 is 0 Å². The zero-order chi connectivity index (χ0) is 9.11. The summed E-state index contributed by atoms with van der Waals surface area (Å²) in [5, 5.41) is 0. The van der Waals surface area contributed by atoms with E-state index in [1.165, 1.54) is 0 Å². The van der Waals surface area contributed by atoms with E-state index >= 15 is 0 Å². The van der Waals surface area contributed by atoms with Crippen LogP contribution < -0.4 is 0 Å². The first-order valence-corrected chi connectivity index (χ1v) is 4.20. The van der Waals surface area contributed by atoms with Gasteiger partial charge in [0, 0.05) is 0 Å². The maximum Gasteiger partial charge on any atom is 0.0902 e. The largest absolute Gasteiger partial charge is 0.473 e. The number of rotatable bonds is 0. The second-order valence-electron chi connectivity index (χ2n) is 2.53. The molecule has 0 amide bonds. The highest BCUT2D eigenvalue weighted by Crippen LogP contribution is 1.81. The van der Waals surface area contributed by atoms with Gasteiger partial charge in [-0.15, -0.1) is 0 Å². The molecule has 1 aromatic rings. The van der Waals surface area contributed by atoms with Gasteiger partial charge in [0.25, 0.3) is 0 Å². The first-order chi connectivity index (χ1) is 5.23. The van der Waals surface area contributed by atoms with Gasteiger partial charge in [0.05, 0.1) is 12.5 Å². The van der Waals surface area contributed by atoms with Gasteiger partial charge >= 0.3 is 0 Å². The van der Waals surface area contributed by atoms with Crippen molar-refractivity contribution in [3.05, 3.63) is 24.7 Å². The molecule has 0 spiro atoms. The van der Waals surface area contributed by atoms with Crippen molar-refractivity contribution in [1.82, 2.24) is 0 Å². The van der Waals surface area contributed by atoms with Crippen molar-refractivity contribution in [2.45, 2.75) is 34.6 Å². The van der Waals surface area contributed by atoms with Crippen molar-refractivity contribution in [1.29, 1.82) is 0 Å². The summed E-state index contributed by atoms with van der Waals surface area (Å²) in [6, 6.07) is 3.67. The van der Waals surface area contributed by atoms with Gasteiger partial charge in [0.2, 0.25) is 0 Å². The Balaban J connectivity index is 0. The lowest BCUT2D eigenvalue weighted by atomic mass is 10.3. The van der Waals surface area contributed by atoms with Crippen LogP contribution in [0.15, 0.2) is 29.1 Å². The van der Waals surface area contributed by atoms with Crippen LogP contribution in [0.25, 0.3) is 0 Å². The van der Waals surface area contributed by atoms with Gasteiger partial charge in [-0.25, -0.2) is 0 Å². The molecule has 0 saturated heterocycles. The summed E-state index contributed by atoms with van der Waals surface area (Å²) in [5.74, 6) is 0.833. The lowest BCUT2D eigenvalue weighted by Crippen LogP contribution is -1.66. The molecule has 1 rings (SSSR count). The average Bonchev–Trinajstić information content (AvgIpc) is 2.44. The molecule has 0 unspecified atom stereocenters. The second-order valence-corrected chi connectivity index (χ2v) is 2.53. The third-order valence-electron chi connectivity index (χ3n) is 0.425. The van der Waals surface area contributed by atoms with E-state index in [9.17, 15) is 0 Å². The molecular weight excluding hydrogens is 136 g/mol. The molecule has 0 aromatic carbocycles. The molecular formula is C10H20O. The van der Waals surface area contributed by atoms with E-state index in [-0.39, 0.29) is 0 Å². The van der Waals surface area contributed by atoms with E-state index in [1.807, 2.05) is 26.0 Å². The van der Waals surface area contributed by atoms with Gasteiger partial charge in [-0.05, 0) is 18.1 Å². The minimum atomic E-state index is 0.833. The minimum absolute atomic E-state index is 0.833. The molecule has 1 heterocycles. The summed E-state index contributed by atoms with van der Waals surface area (Å²) in [6.07, 6.45) is 3.25. The molecule has 0 aliphatic rings. The fourth-order valence-corrected chi connectivity index (χ4v) is 0.227. The Morgan fingerprint density at radius 1 is 0.909 bits per heavy atom.